The van der Waals surface area contributed by atoms with Crippen molar-refractivity contribution >= 4 is 5.97 Å². The van der Waals surface area contributed by atoms with E-state index in [9.17, 15) is 4.79 Å². The van der Waals surface area contributed by atoms with Gasteiger partial charge in [0.05, 0.1) is 13.2 Å². The summed E-state index contributed by atoms with van der Waals surface area (Å²) in [6, 6.07) is 8.48. The van der Waals surface area contributed by atoms with Crippen LogP contribution in [0, 0.1) is 0 Å². The molecular formula is C11H13NO3. The highest BCUT2D eigenvalue weighted by Gasteiger charge is 2.26. The van der Waals surface area contributed by atoms with E-state index in [-0.39, 0.29) is 6.10 Å². The van der Waals surface area contributed by atoms with Crippen LogP contribution >= 0.6 is 0 Å². The zero-order valence-corrected chi connectivity index (χ0v) is 8.26. The Bertz CT molecular complexity index is 335. The predicted molar refractivity (Wildman–Crippen MR) is 54.1 cm³/mol. The first kappa shape index (κ1) is 10.1. The maximum Gasteiger partial charge on any atom is 0.328 e. The minimum Gasteiger partial charge on any atom is -0.456 e. The smallest absolute Gasteiger partial charge is 0.328 e. The number of ether oxygens (including phenoxy) is 2. The minimum absolute atomic E-state index is 0.118. The fourth-order valence-corrected chi connectivity index (χ4v) is 1.32. The highest BCUT2D eigenvalue weighted by atomic mass is 16.6. The first-order valence-corrected chi connectivity index (χ1v) is 4.86. The lowest BCUT2D eigenvalue weighted by molar-refractivity contribution is -0.173. The summed E-state index contributed by atoms with van der Waals surface area (Å²) >= 11 is 0. The van der Waals surface area contributed by atoms with Crippen LogP contribution in [0.3, 0.4) is 0 Å². The standard InChI is InChI=1S/C11H13NO3/c12-10(8-4-2-1-3-5-8)11(13)15-9-6-14-7-9/h1-5,9-10H,6-7,12H2/t10-/m0/s1. The second kappa shape index (κ2) is 4.42. The lowest BCUT2D eigenvalue weighted by Crippen LogP contribution is -2.40. The first-order chi connectivity index (χ1) is 7.27. The van der Waals surface area contributed by atoms with E-state index in [1.54, 1.807) is 0 Å². The molecule has 1 heterocycles. The normalized spacial score (nSPS) is 17.9. The Kier molecular flexibility index (Phi) is 2.99. The van der Waals surface area contributed by atoms with Crippen molar-refractivity contribution in [1.82, 2.24) is 0 Å². The minimum atomic E-state index is -0.702. The van der Waals surface area contributed by atoms with Gasteiger partial charge in [-0.05, 0) is 5.56 Å². The van der Waals surface area contributed by atoms with E-state index in [1.807, 2.05) is 30.3 Å². The Hall–Kier alpha value is -1.39. The number of esters is 1. The second-order valence-electron chi connectivity index (χ2n) is 3.48. The summed E-state index contributed by atoms with van der Waals surface area (Å²) in [4.78, 5) is 11.5. The topological polar surface area (TPSA) is 61.6 Å². The van der Waals surface area contributed by atoms with Gasteiger partial charge in [-0.3, -0.25) is 0 Å². The molecule has 1 atom stereocenters. The van der Waals surface area contributed by atoms with Gasteiger partial charge in [0.25, 0.3) is 0 Å². The molecule has 80 valence electrons. The van der Waals surface area contributed by atoms with E-state index in [2.05, 4.69) is 0 Å². The molecule has 1 aliphatic rings. The van der Waals surface area contributed by atoms with Crippen molar-refractivity contribution in [2.24, 2.45) is 5.73 Å². The third-order valence-electron chi connectivity index (χ3n) is 2.30. The van der Waals surface area contributed by atoms with E-state index in [4.69, 9.17) is 15.2 Å². The largest absolute Gasteiger partial charge is 0.456 e. The molecule has 15 heavy (non-hydrogen) atoms. The van der Waals surface area contributed by atoms with Crippen LogP contribution in [0.25, 0.3) is 0 Å². The van der Waals surface area contributed by atoms with Gasteiger partial charge in [0.1, 0.15) is 12.1 Å². The van der Waals surface area contributed by atoms with Crippen LogP contribution in [0.4, 0.5) is 0 Å². The Morgan fingerprint density at radius 3 is 2.60 bits per heavy atom. The van der Waals surface area contributed by atoms with Crippen LogP contribution in [-0.4, -0.2) is 25.3 Å². The quantitative estimate of drug-likeness (QED) is 0.738. The Balaban J connectivity index is 1.94. The van der Waals surface area contributed by atoms with E-state index in [1.165, 1.54) is 0 Å². The van der Waals surface area contributed by atoms with Crippen molar-refractivity contribution in [2.75, 3.05) is 13.2 Å². The van der Waals surface area contributed by atoms with Crippen molar-refractivity contribution in [3.05, 3.63) is 35.9 Å². The Morgan fingerprint density at radius 2 is 2.07 bits per heavy atom. The molecule has 0 aliphatic carbocycles. The van der Waals surface area contributed by atoms with Gasteiger partial charge >= 0.3 is 5.97 Å². The highest BCUT2D eigenvalue weighted by molar-refractivity contribution is 5.77. The molecule has 1 aromatic carbocycles. The molecule has 0 bridgehead atoms. The highest BCUT2D eigenvalue weighted by Crippen LogP contribution is 2.14. The van der Waals surface area contributed by atoms with Crippen LogP contribution in [0.15, 0.2) is 30.3 Å². The van der Waals surface area contributed by atoms with Gasteiger partial charge in [-0.1, -0.05) is 30.3 Å². The molecule has 4 heteroatoms. The molecule has 2 N–H and O–H groups in total. The zero-order valence-electron chi connectivity index (χ0n) is 8.26. The number of carbonyl (C=O) groups is 1. The number of nitrogens with two attached hydrogens (primary N) is 1. The van der Waals surface area contributed by atoms with E-state index in [0.29, 0.717) is 13.2 Å². The molecule has 0 amide bonds. The number of hydrogen-bond donors (Lipinski definition) is 1. The van der Waals surface area contributed by atoms with Crippen LogP contribution < -0.4 is 5.73 Å². The van der Waals surface area contributed by atoms with E-state index >= 15 is 0 Å². The van der Waals surface area contributed by atoms with Crippen molar-refractivity contribution in [3.8, 4) is 0 Å². The third-order valence-corrected chi connectivity index (χ3v) is 2.30. The van der Waals surface area contributed by atoms with Crippen molar-refractivity contribution < 1.29 is 14.3 Å². The van der Waals surface area contributed by atoms with E-state index < -0.39 is 12.0 Å². The molecule has 1 aromatic rings. The zero-order chi connectivity index (χ0) is 10.7. The Morgan fingerprint density at radius 1 is 1.40 bits per heavy atom. The molecule has 1 saturated heterocycles. The maximum absolute atomic E-state index is 11.5. The Labute approximate surface area is 88.0 Å². The predicted octanol–water partition coefficient (Wildman–Crippen LogP) is 0.628. The monoisotopic (exact) mass is 207 g/mol. The first-order valence-electron chi connectivity index (χ1n) is 4.86. The number of rotatable bonds is 3. The molecule has 1 aliphatic heterocycles. The van der Waals surface area contributed by atoms with Crippen LogP contribution in [0.1, 0.15) is 11.6 Å². The second-order valence-corrected chi connectivity index (χ2v) is 3.48. The van der Waals surface area contributed by atoms with Crippen molar-refractivity contribution in [3.63, 3.8) is 0 Å². The summed E-state index contributed by atoms with van der Waals surface area (Å²) < 4.78 is 10.0. The molecular weight excluding hydrogens is 194 g/mol. The van der Waals surface area contributed by atoms with Gasteiger partial charge in [-0.25, -0.2) is 4.79 Å². The fraction of sp³-hybridized carbons (Fsp3) is 0.364. The average Bonchev–Trinajstić information content (AvgIpc) is 2.23. The van der Waals surface area contributed by atoms with Gasteiger partial charge in [-0.15, -0.1) is 0 Å². The summed E-state index contributed by atoms with van der Waals surface area (Å²) in [7, 11) is 0. The molecule has 4 nitrogen and oxygen atoms in total. The van der Waals surface area contributed by atoms with Crippen LogP contribution in [0.2, 0.25) is 0 Å². The van der Waals surface area contributed by atoms with Gasteiger partial charge in [-0.2, -0.15) is 0 Å². The fourth-order valence-electron chi connectivity index (χ4n) is 1.32. The molecule has 0 aromatic heterocycles. The maximum atomic E-state index is 11.5. The summed E-state index contributed by atoms with van der Waals surface area (Å²) in [6.45, 7) is 0.959. The van der Waals surface area contributed by atoms with Gasteiger partial charge in [0.2, 0.25) is 0 Å². The van der Waals surface area contributed by atoms with Gasteiger partial charge < -0.3 is 15.2 Å². The van der Waals surface area contributed by atoms with Crippen molar-refractivity contribution in [1.29, 1.82) is 0 Å². The lowest BCUT2D eigenvalue weighted by Gasteiger charge is -2.26. The summed E-state index contributed by atoms with van der Waals surface area (Å²) in [5.74, 6) is -0.394. The molecule has 0 spiro atoms. The molecule has 0 saturated carbocycles. The average molecular weight is 207 g/mol. The molecule has 1 fully saturated rings. The number of hydrogen-bond acceptors (Lipinski definition) is 4. The molecule has 0 radical (unpaired) electrons. The van der Waals surface area contributed by atoms with Gasteiger partial charge in [0, 0.05) is 0 Å². The lowest BCUT2D eigenvalue weighted by atomic mass is 10.1. The summed E-state index contributed by atoms with van der Waals surface area (Å²) in [5.41, 5.74) is 6.52. The summed E-state index contributed by atoms with van der Waals surface area (Å²) in [6.07, 6.45) is -0.118. The summed E-state index contributed by atoms with van der Waals surface area (Å²) in [5, 5.41) is 0. The van der Waals surface area contributed by atoms with Crippen LogP contribution in [0.5, 0.6) is 0 Å². The van der Waals surface area contributed by atoms with Crippen LogP contribution in [-0.2, 0) is 14.3 Å². The number of carbonyl (C=O) groups excluding carboxylic acids is 1. The molecule has 2 rings (SSSR count). The molecule has 0 unspecified atom stereocenters. The number of benzene rings is 1. The van der Waals surface area contributed by atoms with Gasteiger partial charge in [0.15, 0.2) is 0 Å². The van der Waals surface area contributed by atoms with Crippen molar-refractivity contribution in [2.45, 2.75) is 12.1 Å². The van der Waals surface area contributed by atoms with E-state index in [0.717, 1.165) is 5.56 Å². The SMILES string of the molecule is N[C@H](C(=O)OC1COC1)c1ccccc1. The third kappa shape index (κ3) is 2.34.